The fraction of sp³-hybridized carbons (Fsp3) is 0.571. The number of alkyl halides is 1. The minimum atomic E-state index is 0.515. The Bertz CT molecular complexity index is 356. The van der Waals surface area contributed by atoms with E-state index in [0.717, 1.165) is 44.3 Å². The number of hydrogen-bond acceptors (Lipinski definition) is 2. The van der Waals surface area contributed by atoms with Gasteiger partial charge in [0.1, 0.15) is 5.75 Å². The molecule has 0 N–H and O–H groups in total. The summed E-state index contributed by atoms with van der Waals surface area (Å²) in [5, 5.41) is 0. The lowest BCUT2D eigenvalue weighted by Gasteiger charge is -2.23. The molecule has 2 nitrogen and oxygen atoms in total. The standard InChI is InChI=1S/C14H20ClNO/c1-2-16(9-5-8-15)10-12-11-17-14-7-4-3-6-13(12)14/h3-4,6-7,12H,2,5,8-11H2,1H3. The first-order chi connectivity index (χ1) is 8.35. The van der Waals surface area contributed by atoms with Gasteiger partial charge in [0, 0.05) is 23.9 Å². The smallest absolute Gasteiger partial charge is 0.122 e. The van der Waals surface area contributed by atoms with Crippen molar-refractivity contribution in [3.63, 3.8) is 0 Å². The number of rotatable bonds is 6. The Morgan fingerprint density at radius 3 is 3.00 bits per heavy atom. The van der Waals surface area contributed by atoms with Crippen molar-refractivity contribution in [2.45, 2.75) is 19.3 Å². The molecule has 0 spiro atoms. The number of likely N-dealkylation sites (N-methyl/N-ethyl adjacent to an activating group) is 1. The zero-order valence-electron chi connectivity index (χ0n) is 10.4. The number of hydrogen-bond donors (Lipinski definition) is 0. The highest BCUT2D eigenvalue weighted by Gasteiger charge is 2.24. The Morgan fingerprint density at radius 1 is 1.41 bits per heavy atom. The molecule has 0 amide bonds. The third kappa shape index (κ3) is 3.14. The molecule has 1 heterocycles. The molecule has 2 rings (SSSR count). The second kappa shape index (κ2) is 6.27. The van der Waals surface area contributed by atoms with E-state index in [9.17, 15) is 0 Å². The van der Waals surface area contributed by atoms with Crippen LogP contribution in [0.15, 0.2) is 24.3 Å². The van der Waals surface area contributed by atoms with Gasteiger partial charge in [0.2, 0.25) is 0 Å². The molecule has 0 saturated heterocycles. The largest absolute Gasteiger partial charge is 0.493 e. The molecule has 0 aliphatic carbocycles. The van der Waals surface area contributed by atoms with Crippen LogP contribution in [-0.2, 0) is 0 Å². The van der Waals surface area contributed by atoms with Crippen LogP contribution in [0.2, 0.25) is 0 Å². The zero-order chi connectivity index (χ0) is 12.1. The van der Waals surface area contributed by atoms with E-state index in [1.165, 1.54) is 5.56 Å². The predicted molar refractivity (Wildman–Crippen MR) is 72.1 cm³/mol. The molecule has 0 fully saturated rings. The quantitative estimate of drug-likeness (QED) is 0.723. The first kappa shape index (κ1) is 12.7. The highest BCUT2D eigenvalue weighted by atomic mass is 35.5. The maximum Gasteiger partial charge on any atom is 0.122 e. The third-order valence-corrected chi connectivity index (χ3v) is 3.60. The molecule has 1 aromatic carbocycles. The van der Waals surface area contributed by atoms with E-state index in [-0.39, 0.29) is 0 Å². The monoisotopic (exact) mass is 253 g/mol. The van der Waals surface area contributed by atoms with Gasteiger partial charge < -0.3 is 9.64 Å². The fourth-order valence-corrected chi connectivity index (χ4v) is 2.47. The molecule has 0 saturated carbocycles. The second-order valence-electron chi connectivity index (χ2n) is 4.48. The molecule has 3 heteroatoms. The van der Waals surface area contributed by atoms with Gasteiger partial charge in [-0.25, -0.2) is 0 Å². The maximum absolute atomic E-state index is 5.75. The van der Waals surface area contributed by atoms with Crippen LogP contribution in [0.5, 0.6) is 5.75 Å². The van der Waals surface area contributed by atoms with E-state index in [1.54, 1.807) is 0 Å². The number of benzene rings is 1. The molecule has 94 valence electrons. The van der Waals surface area contributed by atoms with Crippen molar-refractivity contribution in [3.05, 3.63) is 29.8 Å². The second-order valence-corrected chi connectivity index (χ2v) is 4.86. The number of ether oxygens (including phenoxy) is 1. The summed E-state index contributed by atoms with van der Waals surface area (Å²) in [5.41, 5.74) is 1.36. The molecule has 1 unspecified atom stereocenters. The summed E-state index contributed by atoms with van der Waals surface area (Å²) in [4.78, 5) is 2.46. The van der Waals surface area contributed by atoms with Gasteiger partial charge in [0.15, 0.2) is 0 Å². The highest BCUT2D eigenvalue weighted by Crippen LogP contribution is 2.33. The van der Waals surface area contributed by atoms with Gasteiger partial charge in [0.05, 0.1) is 6.61 Å². The van der Waals surface area contributed by atoms with Crippen molar-refractivity contribution in [3.8, 4) is 5.75 Å². The third-order valence-electron chi connectivity index (χ3n) is 3.33. The topological polar surface area (TPSA) is 12.5 Å². The Kier molecular flexibility index (Phi) is 4.69. The lowest BCUT2D eigenvalue weighted by atomic mass is 10.0. The summed E-state index contributed by atoms with van der Waals surface area (Å²) >= 11 is 5.75. The lowest BCUT2D eigenvalue weighted by Crippen LogP contribution is -2.30. The molecule has 0 aromatic heterocycles. The summed E-state index contributed by atoms with van der Waals surface area (Å²) in [6, 6.07) is 8.37. The Hall–Kier alpha value is -0.730. The van der Waals surface area contributed by atoms with Gasteiger partial charge in [-0.2, -0.15) is 0 Å². The van der Waals surface area contributed by atoms with Crippen molar-refractivity contribution in [1.29, 1.82) is 0 Å². The van der Waals surface area contributed by atoms with Gasteiger partial charge in [-0.1, -0.05) is 25.1 Å². The van der Waals surface area contributed by atoms with Gasteiger partial charge in [-0.15, -0.1) is 11.6 Å². The van der Waals surface area contributed by atoms with Crippen molar-refractivity contribution >= 4 is 11.6 Å². The Balaban J connectivity index is 1.95. The molecule has 1 aliphatic heterocycles. The minimum absolute atomic E-state index is 0.515. The SMILES string of the molecule is CCN(CCCCl)CC1COc2ccccc21. The fourth-order valence-electron chi connectivity index (χ4n) is 2.35. The molecule has 1 aliphatic rings. The summed E-state index contributed by atoms with van der Waals surface area (Å²) in [7, 11) is 0. The van der Waals surface area contributed by atoms with Gasteiger partial charge in [0.25, 0.3) is 0 Å². The first-order valence-electron chi connectivity index (χ1n) is 6.35. The predicted octanol–water partition coefficient (Wildman–Crippen LogP) is 3.11. The van der Waals surface area contributed by atoms with Gasteiger partial charge in [-0.3, -0.25) is 0 Å². The number of para-hydroxylation sites is 1. The van der Waals surface area contributed by atoms with Crippen LogP contribution in [-0.4, -0.2) is 37.0 Å². The Labute approximate surface area is 109 Å². The Morgan fingerprint density at radius 2 is 2.24 bits per heavy atom. The highest BCUT2D eigenvalue weighted by molar-refractivity contribution is 6.17. The normalized spacial score (nSPS) is 18.2. The van der Waals surface area contributed by atoms with Crippen LogP contribution in [0, 0.1) is 0 Å². The average Bonchev–Trinajstić information content (AvgIpc) is 2.78. The van der Waals surface area contributed by atoms with E-state index in [2.05, 4.69) is 30.0 Å². The molecule has 0 bridgehead atoms. The van der Waals surface area contributed by atoms with E-state index in [0.29, 0.717) is 5.92 Å². The van der Waals surface area contributed by atoms with Gasteiger partial charge >= 0.3 is 0 Å². The van der Waals surface area contributed by atoms with Crippen molar-refractivity contribution in [1.82, 2.24) is 4.90 Å². The minimum Gasteiger partial charge on any atom is -0.493 e. The number of fused-ring (bicyclic) bond motifs is 1. The van der Waals surface area contributed by atoms with Crippen LogP contribution in [0.25, 0.3) is 0 Å². The molecule has 1 aromatic rings. The average molecular weight is 254 g/mol. The van der Waals surface area contributed by atoms with E-state index in [4.69, 9.17) is 16.3 Å². The van der Waals surface area contributed by atoms with E-state index < -0.39 is 0 Å². The van der Waals surface area contributed by atoms with Crippen LogP contribution < -0.4 is 4.74 Å². The van der Waals surface area contributed by atoms with Crippen LogP contribution >= 0.6 is 11.6 Å². The van der Waals surface area contributed by atoms with Gasteiger partial charge in [-0.05, 0) is 25.6 Å². The molecule has 17 heavy (non-hydrogen) atoms. The van der Waals surface area contributed by atoms with Crippen molar-refractivity contribution in [2.24, 2.45) is 0 Å². The molecular formula is C14H20ClNO. The zero-order valence-corrected chi connectivity index (χ0v) is 11.1. The summed E-state index contributed by atoms with van der Waals surface area (Å²) in [5.74, 6) is 2.32. The summed E-state index contributed by atoms with van der Waals surface area (Å²) < 4.78 is 5.71. The van der Waals surface area contributed by atoms with Crippen LogP contribution in [0.1, 0.15) is 24.8 Å². The first-order valence-corrected chi connectivity index (χ1v) is 6.88. The van der Waals surface area contributed by atoms with Crippen LogP contribution in [0.4, 0.5) is 0 Å². The summed E-state index contributed by atoms with van der Waals surface area (Å²) in [6.07, 6.45) is 1.06. The molecule has 1 atom stereocenters. The van der Waals surface area contributed by atoms with Crippen LogP contribution in [0.3, 0.4) is 0 Å². The van der Waals surface area contributed by atoms with Crippen molar-refractivity contribution in [2.75, 3.05) is 32.1 Å². The lowest BCUT2D eigenvalue weighted by molar-refractivity contribution is 0.242. The van der Waals surface area contributed by atoms with E-state index >= 15 is 0 Å². The molecular weight excluding hydrogens is 234 g/mol. The number of nitrogens with zero attached hydrogens (tertiary/aromatic N) is 1. The van der Waals surface area contributed by atoms with E-state index in [1.807, 2.05) is 6.07 Å². The summed E-state index contributed by atoms with van der Waals surface area (Å²) in [6.45, 7) is 6.26. The van der Waals surface area contributed by atoms with Crippen molar-refractivity contribution < 1.29 is 4.74 Å². The molecule has 0 radical (unpaired) electrons. The maximum atomic E-state index is 5.75. The number of halogens is 1.